The summed E-state index contributed by atoms with van der Waals surface area (Å²) in [5, 5.41) is 7.31. The second-order valence-electron chi connectivity index (χ2n) is 5.27. The zero-order chi connectivity index (χ0) is 15.7. The van der Waals surface area contributed by atoms with E-state index in [9.17, 15) is 8.42 Å². The summed E-state index contributed by atoms with van der Waals surface area (Å²) in [6, 6.07) is 12.0. The molecule has 1 aromatic heterocycles. The molecule has 2 aromatic carbocycles. The first kappa shape index (κ1) is 14.5. The van der Waals surface area contributed by atoms with Gasteiger partial charge in [-0.15, -0.1) is 0 Å². The first-order valence-electron chi connectivity index (χ1n) is 6.81. The lowest BCUT2D eigenvalue weighted by Gasteiger charge is -2.10. The summed E-state index contributed by atoms with van der Waals surface area (Å²) in [7, 11) is -3.76. The Morgan fingerprint density at radius 1 is 1.05 bits per heavy atom. The zero-order valence-electron chi connectivity index (χ0n) is 12.1. The Labute approximate surface area is 128 Å². The van der Waals surface area contributed by atoms with Gasteiger partial charge in [0.15, 0.2) is 5.52 Å². The van der Waals surface area contributed by atoms with Gasteiger partial charge in [0.25, 0.3) is 10.0 Å². The number of aromatic nitrogens is 2. The summed E-state index contributed by atoms with van der Waals surface area (Å²) >= 11 is 0. The molecule has 7 heteroatoms. The lowest BCUT2D eigenvalue weighted by atomic mass is 10.0. The molecule has 0 atom stereocenters. The Kier molecular flexibility index (Phi) is 3.58. The Balaban J connectivity index is 1.95. The third kappa shape index (κ3) is 2.67. The normalized spacial score (nSPS) is 12.0. The number of fused-ring (bicyclic) bond motifs is 1. The molecule has 0 fully saturated rings. The predicted molar refractivity (Wildman–Crippen MR) is 83.1 cm³/mol. The van der Waals surface area contributed by atoms with Gasteiger partial charge < -0.3 is 0 Å². The van der Waals surface area contributed by atoms with E-state index >= 15 is 0 Å². The summed E-state index contributed by atoms with van der Waals surface area (Å²) < 4.78 is 32.2. The number of anilines is 1. The zero-order valence-corrected chi connectivity index (χ0v) is 13.0. The van der Waals surface area contributed by atoms with Gasteiger partial charge in [-0.05, 0) is 46.1 Å². The van der Waals surface area contributed by atoms with Gasteiger partial charge in [0.1, 0.15) is 10.4 Å². The van der Waals surface area contributed by atoms with Gasteiger partial charge in [-0.25, -0.2) is 13.0 Å². The smallest absolute Gasteiger partial charge is 0.264 e. The van der Waals surface area contributed by atoms with Crippen LogP contribution < -0.4 is 4.72 Å². The average molecular weight is 317 g/mol. The molecule has 0 bridgehead atoms. The maximum Gasteiger partial charge on any atom is 0.264 e. The Morgan fingerprint density at radius 3 is 2.45 bits per heavy atom. The Morgan fingerprint density at radius 2 is 1.77 bits per heavy atom. The van der Waals surface area contributed by atoms with Crippen LogP contribution in [-0.2, 0) is 10.0 Å². The highest BCUT2D eigenvalue weighted by atomic mass is 32.2. The van der Waals surface area contributed by atoms with E-state index < -0.39 is 10.0 Å². The van der Waals surface area contributed by atoms with Crippen molar-refractivity contribution in [2.45, 2.75) is 24.7 Å². The molecule has 6 nitrogen and oxygen atoms in total. The van der Waals surface area contributed by atoms with Crippen LogP contribution in [0.25, 0.3) is 11.0 Å². The van der Waals surface area contributed by atoms with Crippen molar-refractivity contribution in [3.05, 3.63) is 48.0 Å². The fourth-order valence-electron chi connectivity index (χ4n) is 2.14. The molecule has 0 saturated carbocycles. The van der Waals surface area contributed by atoms with E-state index in [1.807, 2.05) is 12.1 Å². The van der Waals surface area contributed by atoms with Gasteiger partial charge >= 0.3 is 0 Å². The van der Waals surface area contributed by atoms with Gasteiger partial charge in [0.05, 0.1) is 0 Å². The Bertz CT molecular complexity index is 899. The van der Waals surface area contributed by atoms with Crippen molar-refractivity contribution in [3.8, 4) is 0 Å². The number of benzene rings is 2. The van der Waals surface area contributed by atoms with Crippen LogP contribution in [0.3, 0.4) is 0 Å². The lowest BCUT2D eigenvalue weighted by molar-refractivity contribution is 0.315. The van der Waals surface area contributed by atoms with E-state index in [0.717, 1.165) is 5.56 Å². The molecular formula is C15H15N3O3S. The monoisotopic (exact) mass is 317 g/mol. The van der Waals surface area contributed by atoms with Gasteiger partial charge in [0.2, 0.25) is 0 Å². The number of nitrogens with one attached hydrogen (secondary N) is 1. The van der Waals surface area contributed by atoms with Gasteiger partial charge in [-0.2, -0.15) is 0 Å². The highest BCUT2D eigenvalue weighted by molar-refractivity contribution is 7.93. The summed E-state index contributed by atoms with van der Waals surface area (Å²) in [6.07, 6.45) is 0. The number of rotatable bonds is 4. The minimum Gasteiger partial charge on any atom is -0.280 e. The van der Waals surface area contributed by atoms with E-state index in [1.54, 1.807) is 24.3 Å². The van der Waals surface area contributed by atoms with Crippen molar-refractivity contribution in [2.75, 3.05) is 4.72 Å². The van der Waals surface area contributed by atoms with Crippen molar-refractivity contribution in [1.29, 1.82) is 0 Å². The minimum atomic E-state index is -3.76. The predicted octanol–water partition coefficient (Wildman–Crippen LogP) is 3.15. The van der Waals surface area contributed by atoms with E-state index in [2.05, 4.69) is 33.5 Å². The molecule has 0 spiro atoms. The van der Waals surface area contributed by atoms with Crippen LogP contribution in [-0.4, -0.2) is 18.7 Å². The van der Waals surface area contributed by atoms with Gasteiger partial charge in [-0.3, -0.25) is 4.72 Å². The molecule has 22 heavy (non-hydrogen) atoms. The fraction of sp³-hybridized carbons (Fsp3) is 0.200. The van der Waals surface area contributed by atoms with Crippen molar-refractivity contribution >= 4 is 26.7 Å². The molecule has 0 aliphatic rings. The maximum atomic E-state index is 12.5. The second-order valence-corrected chi connectivity index (χ2v) is 6.92. The largest absolute Gasteiger partial charge is 0.280 e. The van der Waals surface area contributed by atoms with E-state index in [-0.39, 0.29) is 10.4 Å². The first-order chi connectivity index (χ1) is 10.5. The van der Waals surface area contributed by atoms with Crippen LogP contribution >= 0.6 is 0 Å². The van der Waals surface area contributed by atoms with Crippen molar-refractivity contribution in [3.63, 3.8) is 0 Å². The summed E-state index contributed by atoms with van der Waals surface area (Å²) in [5.74, 6) is 0.389. The summed E-state index contributed by atoms with van der Waals surface area (Å²) in [5.41, 5.74) is 2.26. The standard InChI is InChI=1S/C15H15N3O3S/c1-10(2)11-6-8-12(9-7-11)18-22(19,20)14-5-3-4-13-15(14)17-21-16-13/h3-10,18H,1-2H3. The van der Waals surface area contributed by atoms with E-state index in [4.69, 9.17) is 0 Å². The average Bonchev–Trinajstić information content (AvgIpc) is 2.95. The highest BCUT2D eigenvalue weighted by Gasteiger charge is 2.20. The van der Waals surface area contributed by atoms with Crippen molar-refractivity contribution < 1.29 is 13.0 Å². The number of hydrogen-bond acceptors (Lipinski definition) is 5. The second kappa shape index (κ2) is 5.42. The minimum absolute atomic E-state index is 0.0409. The molecule has 0 unspecified atom stereocenters. The molecule has 3 aromatic rings. The van der Waals surface area contributed by atoms with Crippen molar-refractivity contribution in [1.82, 2.24) is 10.3 Å². The number of nitrogens with zero attached hydrogens (tertiary/aromatic N) is 2. The number of hydrogen-bond donors (Lipinski definition) is 1. The maximum absolute atomic E-state index is 12.5. The van der Waals surface area contributed by atoms with Crippen LogP contribution in [0.4, 0.5) is 5.69 Å². The first-order valence-corrected chi connectivity index (χ1v) is 8.30. The Hall–Kier alpha value is -2.41. The third-order valence-electron chi connectivity index (χ3n) is 3.37. The van der Waals surface area contributed by atoms with Gasteiger partial charge in [0, 0.05) is 5.69 Å². The molecule has 1 N–H and O–H groups in total. The molecule has 114 valence electrons. The molecule has 0 aliphatic carbocycles. The molecule has 0 aliphatic heterocycles. The molecule has 0 saturated heterocycles. The van der Waals surface area contributed by atoms with Crippen LogP contribution in [0, 0.1) is 0 Å². The molecule has 0 amide bonds. The van der Waals surface area contributed by atoms with Crippen LogP contribution in [0.15, 0.2) is 52.0 Å². The third-order valence-corrected chi connectivity index (χ3v) is 4.78. The topological polar surface area (TPSA) is 85.1 Å². The SMILES string of the molecule is CC(C)c1ccc(NS(=O)(=O)c2cccc3nonc23)cc1. The lowest BCUT2D eigenvalue weighted by Crippen LogP contribution is -2.13. The number of sulfonamides is 1. The fourth-order valence-corrected chi connectivity index (χ4v) is 3.35. The molecule has 1 heterocycles. The molecule has 0 radical (unpaired) electrons. The van der Waals surface area contributed by atoms with Crippen LogP contribution in [0.2, 0.25) is 0 Å². The summed E-state index contributed by atoms with van der Waals surface area (Å²) in [6.45, 7) is 4.16. The molecular weight excluding hydrogens is 302 g/mol. The van der Waals surface area contributed by atoms with Crippen molar-refractivity contribution in [2.24, 2.45) is 0 Å². The summed E-state index contributed by atoms with van der Waals surface area (Å²) in [4.78, 5) is 0.0409. The van der Waals surface area contributed by atoms with Gasteiger partial charge in [-0.1, -0.05) is 32.0 Å². The molecule has 3 rings (SSSR count). The van der Waals surface area contributed by atoms with Crippen LogP contribution in [0.1, 0.15) is 25.3 Å². The van der Waals surface area contributed by atoms with E-state index in [0.29, 0.717) is 17.1 Å². The quantitative estimate of drug-likeness (QED) is 0.799. The highest BCUT2D eigenvalue weighted by Crippen LogP contribution is 2.23. The van der Waals surface area contributed by atoms with E-state index in [1.165, 1.54) is 6.07 Å². The van der Waals surface area contributed by atoms with Crippen LogP contribution in [0.5, 0.6) is 0 Å².